The molecule has 84 valence electrons. The summed E-state index contributed by atoms with van der Waals surface area (Å²) in [6.45, 7) is 3.83. The minimum Gasteiger partial charge on any atom is -0.401 e. The van der Waals surface area contributed by atoms with Crippen LogP contribution in [0.4, 0.5) is 5.88 Å². The quantitative estimate of drug-likeness (QED) is 0.465. The van der Waals surface area contributed by atoms with Gasteiger partial charge in [0.05, 0.1) is 12.6 Å². The Labute approximate surface area is 91.9 Å². The molecule has 0 aromatic carbocycles. The highest BCUT2D eigenvalue weighted by atomic mass is 16.6. The predicted octanol–water partition coefficient (Wildman–Crippen LogP) is 1.74. The number of nitro groups is 1. The average Bonchev–Trinajstić information content (AvgIpc) is 2.65. The van der Waals surface area contributed by atoms with Gasteiger partial charge in [-0.25, -0.2) is 0 Å². The van der Waals surface area contributed by atoms with E-state index in [0.29, 0.717) is 18.0 Å². The van der Waals surface area contributed by atoms with Gasteiger partial charge in [0.15, 0.2) is 0 Å². The number of allylic oxidation sites excluding steroid dienone is 1. The number of hydrogen-bond donors (Lipinski definition) is 1. The summed E-state index contributed by atoms with van der Waals surface area (Å²) in [6, 6.07) is 2.79. The second-order valence-electron chi connectivity index (χ2n) is 2.94. The summed E-state index contributed by atoms with van der Waals surface area (Å²) in [7, 11) is 0. The zero-order valence-corrected chi connectivity index (χ0v) is 8.50. The van der Waals surface area contributed by atoms with Crippen LogP contribution in [0.25, 0.3) is 6.08 Å². The van der Waals surface area contributed by atoms with Crippen LogP contribution in [-0.4, -0.2) is 17.7 Å². The van der Waals surface area contributed by atoms with Crippen molar-refractivity contribution in [3.63, 3.8) is 0 Å². The van der Waals surface area contributed by atoms with Crippen LogP contribution in [0.15, 0.2) is 39.9 Å². The Morgan fingerprint density at radius 2 is 2.44 bits per heavy atom. The molecule has 0 aliphatic carbocycles. The molecule has 1 heterocycles. The summed E-state index contributed by atoms with van der Waals surface area (Å²) in [4.78, 5) is 13.6. The summed E-state index contributed by atoms with van der Waals surface area (Å²) in [5.74, 6) is 0.108. The van der Waals surface area contributed by atoms with Crippen molar-refractivity contribution in [2.24, 2.45) is 10.7 Å². The fourth-order valence-corrected chi connectivity index (χ4v) is 0.899. The molecule has 0 bridgehead atoms. The molecule has 0 amide bonds. The van der Waals surface area contributed by atoms with E-state index in [9.17, 15) is 10.1 Å². The minimum absolute atomic E-state index is 0.285. The van der Waals surface area contributed by atoms with Crippen LogP contribution in [0.2, 0.25) is 0 Å². The molecule has 0 radical (unpaired) electrons. The van der Waals surface area contributed by atoms with Gasteiger partial charge in [0, 0.05) is 11.9 Å². The Hall–Kier alpha value is -2.37. The first kappa shape index (κ1) is 11.7. The van der Waals surface area contributed by atoms with E-state index < -0.39 is 4.92 Å². The zero-order valence-electron chi connectivity index (χ0n) is 8.50. The van der Waals surface area contributed by atoms with Gasteiger partial charge >= 0.3 is 5.88 Å². The summed E-state index contributed by atoms with van der Waals surface area (Å²) in [5.41, 5.74) is 5.77. The smallest absolute Gasteiger partial charge is 0.401 e. The minimum atomic E-state index is -0.593. The van der Waals surface area contributed by atoms with E-state index in [0.717, 1.165) is 0 Å². The maximum atomic E-state index is 10.3. The Morgan fingerprint density at radius 3 is 3.00 bits per heavy atom. The van der Waals surface area contributed by atoms with Gasteiger partial charge in [0.2, 0.25) is 0 Å². The topological polar surface area (TPSA) is 94.7 Å². The zero-order chi connectivity index (χ0) is 12.0. The van der Waals surface area contributed by atoms with Gasteiger partial charge in [-0.3, -0.25) is 15.1 Å². The molecule has 0 unspecified atom stereocenters. The number of hydrogen-bond acceptors (Lipinski definition) is 5. The van der Waals surface area contributed by atoms with Crippen molar-refractivity contribution >= 4 is 18.2 Å². The van der Waals surface area contributed by atoms with Crippen LogP contribution < -0.4 is 5.73 Å². The second-order valence-corrected chi connectivity index (χ2v) is 2.94. The predicted molar refractivity (Wildman–Crippen MR) is 61.1 cm³/mol. The molecule has 0 aliphatic heterocycles. The number of furan rings is 1. The molecule has 1 aromatic rings. The van der Waals surface area contributed by atoms with Crippen molar-refractivity contribution in [2.45, 2.75) is 0 Å². The van der Waals surface area contributed by atoms with E-state index in [1.807, 2.05) is 0 Å². The number of aliphatic imine (C=N–C) groups is 1. The van der Waals surface area contributed by atoms with Gasteiger partial charge in [0.1, 0.15) is 10.7 Å². The molecule has 0 fully saturated rings. The van der Waals surface area contributed by atoms with Crippen LogP contribution in [0.3, 0.4) is 0 Å². The molecular formula is C10H11N3O3. The van der Waals surface area contributed by atoms with Gasteiger partial charge in [-0.1, -0.05) is 6.58 Å². The highest BCUT2D eigenvalue weighted by molar-refractivity contribution is 5.77. The lowest BCUT2D eigenvalue weighted by Gasteiger charge is -1.87. The van der Waals surface area contributed by atoms with Gasteiger partial charge < -0.3 is 10.2 Å². The molecule has 0 aliphatic rings. The number of nitrogens with two attached hydrogens (primary N) is 1. The summed E-state index contributed by atoms with van der Waals surface area (Å²) in [6.07, 6.45) is 4.69. The van der Waals surface area contributed by atoms with Crippen LogP contribution >= 0.6 is 0 Å². The molecule has 6 heteroatoms. The Bertz CT molecular complexity index is 446. The Kier molecular flexibility index (Phi) is 4.02. The SMILES string of the molecule is C=C(N)CN=C/C=C/c1ccc([N+](=O)[O-])o1. The average molecular weight is 221 g/mol. The molecule has 1 aromatic heterocycles. The van der Waals surface area contributed by atoms with Crippen LogP contribution in [0.1, 0.15) is 5.76 Å². The lowest BCUT2D eigenvalue weighted by molar-refractivity contribution is -0.402. The third-order valence-corrected chi connectivity index (χ3v) is 1.54. The molecule has 0 saturated carbocycles. The maximum Gasteiger partial charge on any atom is 0.433 e. The van der Waals surface area contributed by atoms with Crippen LogP contribution in [0.5, 0.6) is 0 Å². The summed E-state index contributed by atoms with van der Waals surface area (Å²) < 4.78 is 4.88. The maximum absolute atomic E-state index is 10.3. The van der Waals surface area contributed by atoms with E-state index >= 15 is 0 Å². The van der Waals surface area contributed by atoms with Gasteiger partial charge in [-0.05, 0) is 18.2 Å². The van der Waals surface area contributed by atoms with E-state index in [1.54, 1.807) is 12.2 Å². The van der Waals surface area contributed by atoms with Crippen molar-refractivity contribution < 1.29 is 9.34 Å². The normalized spacial score (nSPS) is 11.2. The lowest BCUT2D eigenvalue weighted by Crippen LogP contribution is -1.97. The van der Waals surface area contributed by atoms with Crippen LogP contribution in [-0.2, 0) is 0 Å². The number of rotatable bonds is 5. The second kappa shape index (κ2) is 5.50. The molecule has 0 atom stereocenters. The standard InChI is InChI=1S/C10H11N3O3/c1-8(11)7-12-6-2-3-9-4-5-10(16-9)13(14)15/h2-6H,1,7,11H2/b3-2+,12-6?. The van der Waals surface area contributed by atoms with E-state index in [2.05, 4.69) is 11.6 Å². The summed E-state index contributed by atoms with van der Waals surface area (Å²) >= 11 is 0. The molecular weight excluding hydrogens is 210 g/mol. The molecule has 0 saturated heterocycles. The Balaban J connectivity index is 2.53. The first-order valence-corrected chi connectivity index (χ1v) is 4.43. The van der Waals surface area contributed by atoms with Crippen molar-refractivity contribution in [3.8, 4) is 0 Å². The Morgan fingerprint density at radius 1 is 1.69 bits per heavy atom. The van der Waals surface area contributed by atoms with Gasteiger partial charge in [-0.2, -0.15) is 0 Å². The molecule has 6 nitrogen and oxygen atoms in total. The van der Waals surface area contributed by atoms with Crippen LogP contribution in [0, 0.1) is 10.1 Å². The van der Waals surface area contributed by atoms with E-state index in [-0.39, 0.29) is 5.88 Å². The third kappa shape index (κ3) is 3.79. The van der Waals surface area contributed by atoms with Crippen molar-refractivity contribution in [1.82, 2.24) is 0 Å². The molecule has 1 rings (SSSR count). The van der Waals surface area contributed by atoms with Crippen molar-refractivity contribution in [1.29, 1.82) is 0 Å². The van der Waals surface area contributed by atoms with E-state index in [4.69, 9.17) is 10.2 Å². The van der Waals surface area contributed by atoms with Crippen molar-refractivity contribution in [3.05, 3.63) is 46.4 Å². The van der Waals surface area contributed by atoms with Crippen molar-refractivity contribution in [2.75, 3.05) is 6.54 Å². The lowest BCUT2D eigenvalue weighted by atomic mass is 10.4. The highest BCUT2D eigenvalue weighted by Gasteiger charge is 2.09. The van der Waals surface area contributed by atoms with E-state index in [1.165, 1.54) is 18.3 Å². The number of nitrogens with zero attached hydrogens (tertiary/aromatic N) is 2. The first-order valence-electron chi connectivity index (χ1n) is 4.43. The molecule has 16 heavy (non-hydrogen) atoms. The fraction of sp³-hybridized carbons (Fsp3) is 0.100. The fourth-order valence-electron chi connectivity index (χ4n) is 0.899. The molecule has 0 spiro atoms. The third-order valence-electron chi connectivity index (χ3n) is 1.54. The largest absolute Gasteiger partial charge is 0.433 e. The van der Waals surface area contributed by atoms with Gasteiger partial charge in [-0.15, -0.1) is 0 Å². The molecule has 2 N–H and O–H groups in total. The first-order chi connectivity index (χ1) is 7.59. The highest BCUT2D eigenvalue weighted by Crippen LogP contribution is 2.16. The van der Waals surface area contributed by atoms with Gasteiger partial charge in [0.25, 0.3) is 0 Å². The summed E-state index contributed by atoms with van der Waals surface area (Å²) in [5, 5.41) is 10.3. The monoisotopic (exact) mass is 221 g/mol.